The molecule has 14 heavy (non-hydrogen) atoms. The van der Waals surface area contributed by atoms with Gasteiger partial charge in [0.1, 0.15) is 5.82 Å². The number of anilines is 1. The van der Waals surface area contributed by atoms with Gasteiger partial charge in [-0.05, 0) is 41.4 Å². The number of carbonyl (C=O) groups is 1. The number of hydrogen-bond acceptors (Lipinski definition) is 1. The van der Waals surface area contributed by atoms with Crippen molar-refractivity contribution in [1.29, 1.82) is 0 Å². The second-order valence-corrected chi connectivity index (χ2v) is 3.77. The number of hydrogen-bond donors (Lipinski definition) is 2. The van der Waals surface area contributed by atoms with Crippen molar-refractivity contribution in [3.63, 3.8) is 0 Å². The number of carboxylic acid groups (broad SMARTS) is 1. The minimum Gasteiger partial charge on any atom is -0.465 e. The van der Waals surface area contributed by atoms with Crippen molar-refractivity contribution in [2.45, 2.75) is 13.8 Å². The standard InChI is InChI=1S/C9H9BrFNO2/c1-4-3-6(10)7(11)5(2)8(4)12-9(13)14/h3,12H,1-2H3,(H,13,14). The van der Waals surface area contributed by atoms with E-state index in [1.807, 2.05) is 0 Å². The molecule has 3 nitrogen and oxygen atoms in total. The maximum absolute atomic E-state index is 13.3. The zero-order valence-corrected chi connectivity index (χ0v) is 9.27. The van der Waals surface area contributed by atoms with Gasteiger partial charge in [0, 0.05) is 5.56 Å². The summed E-state index contributed by atoms with van der Waals surface area (Å²) in [6.07, 6.45) is -1.20. The highest BCUT2D eigenvalue weighted by Crippen LogP contribution is 2.28. The van der Waals surface area contributed by atoms with E-state index in [0.717, 1.165) is 0 Å². The summed E-state index contributed by atoms with van der Waals surface area (Å²) in [5.74, 6) is -0.445. The molecule has 0 aliphatic rings. The molecule has 0 radical (unpaired) electrons. The molecule has 0 saturated heterocycles. The first-order chi connectivity index (χ1) is 6.43. The minimum absolute atomic E-state index is 0.291. The van der Waals surface area contributed by atoms with Gasteiger partial charge in [0.25, 0.3) is 0 Å². The fourth-order valence-corrected chi connectivity index (χ4v) is 1.85. The van der Waals surface area contributed by atoms with Crippen molar-refractivity contribution >= 4 is 27.7 Å². The molecule has 0 bridgehead atoms. The molecule has 1 rings (SSSR count). The van der Waals surface area contributed by atoms with E-state index in [0.29, 0.717) is 21.3 Å². The van der Waals surface area contributed by atoms with Crippen LogP contribution in [-0.4, -0.2) is 11.2 Å². The molecule has 0 unspecified atom stereocenters. The minimum atomic E-state index is -1.20. The van der Waals surface area contributed by atoms with E-state index in [4.69, 9.17) is 5.11 Å². The lowest BCUT2D eigenvalue weighted by atomic mass is 10.1. The predicted octanol–water partition coefficient (Wildman–Crippen LogP) is 3.29. The van der Waals surface area contributed by atoms with Crippen LogP contribution in [0.1, 0.15) is 11.1 Å². The Morgan fingerprint density at radius 2 is 2.14 bits per heavy atom. The fraction of sp³-hybridized carbons (Fsp3) is 0.222. The average molecular weight is 262 g/mol. The largest absolute Gasteiger partial charge is 0.465 e. The van der Waals surface area contributed by atoms with Crippen LogP contribution in [0.15, 0.2) is 10.5 Å². The van der Waals surface area contributed by atoms with Crippen LogP contribution in [0.2, 0.25) is 0 Å². The number of amides is 1. The summed E-state index contributed by atoms with van der Waals surface area (Å²) in [6.45, 7) is 3.24. The van der Waals surface area contributed by atoms with Crippen molar-refractivity contribution < 1.29 is 14.3 Å². The molecule has 1 aromatic carbocycles. The van der Waals surface area contributed by atoms with Gasteiger partial charge in [-0.2, -0.15) is 0 Å². The number of aryl methyl sites for hydroxylation is 1. The van der Waals surface area contributed by atoms with E-state index in [-0.39, 0.29) is 0 Å². The van der Waals surface area contributed by atoms with Crippen molar-refractivity contribution in [2.24, 2.45) is 0 Å². The summed E-state index contributed by atoms with van der Waals surface area (Å²) in [5, 5.41) is 10.7. The van der Waals surface area contributed by atoms with Crippen LogP contribution in [0.4, 0.5) is 14.9 Å². The molecule has 0 aromatic heterocycles. The van der Waals surface area contributed by atoms with Gasteiger partial charge >= 0.3 is 6.09 Å². The topological polar surface area (TPSA) is 49.3 Å². The molecule has 76 valence electrons. The Morgan fingerprint density at radius 3 is 2.64 bits per heavy atom. The van der Waals surface area contributed by atoms with Crippen LogP contribution in [0.25, 0.3) is 0 Å². The normalized spacial score (nSPS) is 10.0. The van der Waals surface area contributed by atoms with Crippen molar-refractivity contribution in [2.75, 3.05) is 5.32 Å². The Hall–Kier alpha value is -1.10. The lowest BCUT2D eigenvalue weighted by Gasteiger charge is -2.11. The molecule has 1 aromatic rings. The van der Waals surface area contributed by atoms with Gasteiger partial charge in [0.15, 0.2) is 0 Å². The Labute approximate surface area is 89.1 Å². The van der Waals surface area contributed by atoms with Crippen LogP contribution in [0.5, 0.6) is 0 Å². The Morgan fingerprint density at radius 1 is 1.57 bits per heavy atom. The van der Waals surface area contributed by atoms with E-state index in [1.165, 1.54) is 13.0 Å². The van der Waals surface area contributed by atoms with Gasteiger partial charge in [-0.15, -0.1) is 0 Å². The molecule has 5 heteroatoms. The van der Waals surface area contributed by atoms with Crippen LogP contribution < -0.4 is 5.32 Å². The molecule has 0 atom stereocenters. The zero-order valence-electron chi connectivity index (χ0n) is 7.69. The summed E-state index contributed by atoms with van der Waals surface area (Å²) in [5.41, 5.74) is 1.27. The van der Waals surface area contributed by atoms with Gasteiger partial charge in [0.05, 0.1) is 10.2 Å². The third-order valence-electron chi connectivity index (χ3n) is 1.88. The molecule has 0 aliphatic heterocycles. The first-order valence-electron chi connectivity index (χ1n) is 3.88. The summed E-state index contributed by atoms with van der Waals surface area (Å²) in [7, 11) is 0. The van der Waals surface area contributed by atoms with Crippen LogP contribution >= 0.6 is 15.9 Å². The van der Waals surface area contributed by atoms with Crippen molar-refractivity contribution in [3.05, 3.63) is 27.5 Å². The molecule has 1 amide bonds. The van der Waals surface area contributed by atoms with Crippen LogP contribution in [0.3, 0.4) is 0 Å². The maximum Gasteiger partial charge on any atom is 0.409 e. The summed E-state index contributed by atoms with van der Waals surface area (Å²) < 4.78 is 13.7. The third kappa shape index (κ3) is 2.04. The van der Waals surface area contributed by atoms with E-state index < -0.39 is 11.9 Å². The van der Waals surface area contributed by atoms with E-state index in [9.17, 15) is 9.18 Å². The second-order valence-electron chi connectivity index (χ2n) is 2.92. The summed E-state index contributed by atoms with van der Waals surface area (Å²) in [6, 6.07) is 1.54. The predicted molar refractivity (Wildman–Crippen MR) is 55.2 cm³/mol. The molecular weight excluding hydrogens is 253 g/mol. The second kappa shape index (κ2) is 3.96. The third-order valence-corrected chi connectivity index (χ3v) is 2.46. The molecule has 0 heterocycles. The lowest BCUT2D eigenvalue weighted by Crippen LogP contribution is -2.10. The van der Waals surface area contributed by atoms with Crippen LogP contribution in [-0.2, 0) is 0 Å². The number of nitrogens with one attached hydrogen (secondary N) is 1. The van der Waals surface area contributed by atoms with E-state index >= 15 is 0 Å². The quantitative estimate of drug-likeness (QED) is 0.815. The zero-order chi connectivity index (χ0) is 10.9. The molecule has 0 fully saturated rings. The molecule has 0 spiro atoms. The Balaban J connectivity index is 3.29. The number of halogens is 2. The van der Waals surface area contributed by atoms with Gasteiger partial charge in [-0.1, -0.05) is 0 Å². The summed E-state index contributed by atoms with van der Waals surface area (Å²) in [4.78, 5) is 10.4. The summed E-state index contributed by atoms with van der Waals surface area (Å²) >= 11 is 3.05. The van der Waals surface area contributed by atoms with E-state index in [2.05, 4.69) is 21.2 Å². The highest BCUT2D eigenvalue weighted by Gasteiger charge is 2.12. The smallest absolute Gasteiger partial charge is 0.409 e. The first-order valence-corrected chi connectivity index (χ1v) is 4.68. The van der Waals surface area contributed by atoms with Gasteiger partial charge in [-0.3, -0.25) is 5.32 Å². The van der Waals surface area contributed by atoms with Gasteiger partial charge in [-0.25, -0.2) is 9.18 Å². The Kier molecular flexibility index (Phi) is 3.10. The highest BCUT2D eigenvalue weighted by molar-refractivity contribution is 9.10. The van der Waals surface area contributed by atoms with Crippen LogP contribution in [0, 0.1) is 19.7 Å². The van der Waals surface area contributed by atoms with Gasteiger partial charge < -0.3 is 5.11 Å². The first kappa shape index (κ1) is 11.0. The lowest BCUT2D eigenvalue weighted by molar-refractivity contribution is 0.209. The number of rotatable bonds is 1. The number of benzene rings is 1. The molecule has 0 aliphatic carbocycles. The van der Waals surface area contributed by atoms with Crippen molar-refractivity contribution in [1.82, 2.24) is 0 Å². The molecule has 0 saturated carbocycles. The maximum atomic E-state index is 13.3. The SMILES string of the molecule is Cc1cc(Br)c(F)c(C)c1NC(=O)O. The van der Waals surface area contributed by atoms with Crippen molar-refractivity contribution in [3.8, 4) is 0 Å². The fourth-order valence-electron chi connectivity index (χ4n) is 1.21. The Bertz CT molecular complexity index is 393. The average Bonchev–Trinajstić information content (AvgIpc) is 2.09. The molecule has 2 N–H and O–H groups in total. The molecular formula is C9H9BrFNO2. The monoisotopic (exact) mass is 261 g/mol. The van der Waals surface area contributed by atoms with E-state index in [1.54, 1.807) is 6.92 Å². The highest BCUT2D eigenvalue weighted by atomic mass is 79.9. The van der Waals surface area contributed by atoms with Gasteiger partial charge in [0.2, 0.25) is 0 Å².